The highest BCUT2D eigenvalue weighted by Crippen LogP contribution is 2.43. The van der Waals surface area contributed by atoms with Gasteiger partial charge in [-0.05, 0) is 37.3 Å². The van der Waals surface area contributed by atoms with Gasteiger partial charge in [0.1, 0.15) is 12.9 Å². The third-order valence-electron chi connectivity index (χ3n) is 6.67. The Morgan fingerprint density at radius 1 is 0.947 bits per heavy atom. The fourth-order valence-corrected chi connectivity index (χ4v) is 6.33. The van der Waals surface area contributed by atoms with Crippen LogP contribution in [0.4, 0.5) is 23.0 Å². The van der Waals surface area contributed by atoms with Gasteiger partial charge in [0.2, 0.25) is 5.95 Å². The third-order valence-corrected chi connectivity index (χ3v) is 9.93. The first kappa shape index (κ1) is 25.5. The van der Waals surface area contributed by atoms with Crippen LogP contribution in [0.1, 0.15) is 19.5 Å². The number of aromatic nitrogens is 4. The van der Waals surface area contributed by atoms with Crippen molar-refractivity contribution in [1.29, 1.82) is 0 Å². The molecular weight excluding hydrogens is 495 g/mol. The molecule has 0 aliphatic rings. The minimum atomic E-state index is -2.38. The number of imidazole rings is 1. The number of para-hydroxylation sites is 1. The fourth-order valence-electron chi connectivity index (χ4n) is 4.42. The summed E-state index contributed by atoms with van der Waals surface area (Å²) in [5.74, 6) is 1.11. The summed E-state index contributed by atoms with van der Waals surface area (Å²) in [6.45, 7) is 5.93. The van der Waals surface area contributed by atoms with Gasteiger partial charge in [0, 0.05) is 47.2 Å². The van der Waals surface area contributed by atoms with Gasteiger partial charge in [0.05, 0.1) is 41.7 Å². The standard InChI is InChI=1S/C29H31N6O2P/c1-5-38(36,6-2)24-11-8-10-22(15-24)32-26-12-7-9-21-17-30-29(34-28(21)26)33-25-14-13-23(16-27(25)37-4)35-18-20(3)31-19-35/h7-19,32H,5-6H2,1-4H3,(H,30,33,34). The van der Waals surface area contributed by atoms with Crippen LogP contribution >= 0.6 is 7.14 Å². The maximum absolute atomic E-state index is 13.3. The van der Waals surface area contributed by atoms with E-state index in [1.54, 1.807) is 19.6 Å². The summed E-state index contributed by atoms with van der Waals surface area (Å²) < 4.78 is 20.9. The van der Waals surface area contributed by atoms with Crippen molar-refractivity contribution in [2.45, 2.75) is 20.8 Å². The van der Waals surface area contributed by atoms with Gasteiger partial charge in [-0.3, -0.25) is 0 Å². The molecule has 5 aromatic rings. The lowest BCUT2D eigenvalue weighted by atomic mass is 10.2. The van der Waals surface area contributed by atoms with Gasteiger partial charge in [-0.1, -0.05) is 38.1 Å². The highest BCUT2D eigenvalue weighted by molar-refractivity contribution is 7.71. The number of nitrogens with zero attached hydrogens (tertiary/aromatic N) is 4. The van der Waals surface area contributed by atoms with E-state index >= 15 is 0 Å². The lowest BCUT2D eigenvalue weighted by molar-refractivity contribution is 0.416. The molecule has 2 aromatic heterocycles. The predicted molar refractivity (Wildman–Crippen MR) is 156 cm³/mol. The number of hydrogen-bond acceptors (Lipinski definition) is 7. The molecular formula is C29H31N6O2P. The largest absolute Gasteiger partial charge is 0.494 e. The minimum absolute atomic E-state index is 0.450. The number of fused-ring (bicyclic) bond motifs is 1. The second-order valence-electron chi connectivity index (χ2n) is 9.07. The molecule has 194 valence electrons. The monoisotopic (exact) mass is 526 g/mol. The van der Waals surface area contributed by atoms with Crippen molar-refractivity contribution < 1.29 is 9.30 Å². The van der Waals surface area contributed by atoms with Crippen molar-refractivity contribution in [3.63, 3.8) is 0 Å². The van der Waals surface area contributed by atoms with Gasteiger partial charge in [-0.2, -0.15) is 0 Å². The molecule has 2 heterocycles. The van der Waals surface area contributed by atoms with Crippen molar-refractivity contribution >= 4 is 46.4 Å². The Morgan fingerprint density at radius 2 is 1.76 bits per heavy atom. The summed E-state index contributed by atoms with van der Waals surface area (Å²) in [6, 6.07) is 19.7. The van der Waals surface area contributed by atoms with E-state index in [9.17, 15) is 4.57 Å². The van der Waals surface area contributed by atoms with E-state index in [1.165, 1.54) is 0 Å². The van der Waals surface area contributed by atoms with Crippen LogP contribution in [0.5, 0.6) is 5.75 Å². The van der Waals surface area contributed by atoms with Gasteiger partial charge in [-0.15, -0.1) is 0 Å². The molecule has 0 amide bonds. The minimum Gasteiger partial charge on any atom is -0.494 e. The van der Waals surface area contributed by atoms with Crippen molar-refractivity contribution in [1.82, 2.24) is 19.5 Å². The molecule has 0 radical (unpaired) electrons. The van der Waals surface area contributed by atoms with E-state index in [2.05, 4.69) is 20.6 Å². The molecule has 0 saturated heterocycles. The molecule has 0 bridgehead atoms. The fraction of sp³-hybridized carbons (Fsp3) is 0.207. The number of benzene rings is 3. The number of rotatable bonds is 9. The first-order valence-electron chi connectivity index (χ1n) is 12.6. The van der Waals surface area contributed by atoms with Crippen LogP contribution in [-0.4, -0.2) is 39.0 Å². The number of nitrogens with one attached hydrogen (secondary N) is 2. The quantitative estimate of drug-likeness (QED) is 0.208. The SMILES string of the molecule is CCP(=O)(CC)c1cccc(Nc2cccc3cnc(Nc4ccc(-n5cnc(C)c5)cc4OC)nc23)c1. The number of ether oxygens (including phenoxy) is 1. The molecule has 0 atom stereocenters. The molecule has 5 rings (SSSR count). The zero-order valence-electron chi connectivity index (χ0n) is 22.0. The van der Waals surface area contributed by atoms with Gasteiger partial charge >= 0.3 is 0 Å². The Labute approximate surface area is 222 Å². The molecule has 9 heteroatoms. The Kier molecular flexibility index (Phi) is 7.16. The smallest absolute Gasteiger partial charge is 0.227 e. The summed E-state index contributed by atoms with van der Waals surface area (Å²) in [4.78, 5) is 13.6. The van der Waals surface area contributed by atoms with Crippen molar-refractivity contribution in [2.24, 2.45) is 0 Å². The van der Waals surface area contributed by atoms with E-state index in [0.717, 1.165) is 44.7 Å². The van der Waals surface area contributed by atoms with Crippen LogP contribution in [0.25, 0.3) is 16.6 Å². The Morgan fingerprint density at radius 3 is 2.50 bits per heavy atom. The van der Waals surface area contributed by atoms with E-state index < -0.39 is 7.14 Å². The second kappa shape index (κ2) is 10.7. The van der Waals surface area contributed by atoms with Gasteiger partial charge < -0.3 is 24.5 Å². The second-order valence-corrected chi connectivity index (χ2v) is 12.6. The highest BCUT2D eigenvalue weighted by atomic mass is 31.2. The summed E-state index contributed by atoms with van der Waals surface area (Å²) in [5.41, 5.74) is 5.12. The molecule has 8 nitrogen and oxygen atoms in total. The number of anilines is 4. The normalized spacial score (nSPS) is 11.5. The van der Waals surface area contributed by atoms with Crippen molar-refractivity contribution in [3.8, 4) is 11.4 Å². The summed E-state index contributed by atoms with van der Waals surface area (Å²) in [5, 5.41) is 8.57. The molecule has 0 aliphatic heterocycles. The van der Waals surface area contributed by atoms with Gasteiger partial charge in [0.15, 0.2) is 0 Å². The highest BCUT2D eigenvalue weighted by Gasteiger charge is 2.20. The lowest BCUT2D eigenvalue weighted by Crippen LogP contribution is -2.09. The third kappa shape index (κ3) is 5.13. The number of aryl methyl sites for hydroxylation is 1. The molecule has 3 aromatic carbocycles. The van der Waals surface area contributed by atoms with Crippen LogP contribution < -0.4 is 20.7 Å². The molecule has 0 spiro atoms. The molecule has 2 N–H and O–H groups in total. The van der Waals surface area contributed by atoms with Crippen LogP contribution in [0.2, 0.25) is 0 Å². The summed E-state index contributed by atoms with van der Waals surface area (Å²) in [6.07, 6.45) is 6.83. The topological polar surface area (TPSA) is 94.0 Å². The van der Waals surface area contributed by atoms with E-state index in [1.807, 2.05) is 92.2 Å². The van der Waals surface area contributed by atoms with E-state index in [0.29, 0.717) is 24.0 Å². The van der Waals surface area contributed by atoms with E-state index in [4.69, 9.17) is 9.72 Å². The maximum atomic E-state index is 13.3. The molecule has 0 saturated carbocycles. The average molecular weight is 527 g/mol. The average Bonchev–Trinajstić information content (AvgIpc) is 3.39. The molecule has 0 aliphatic carbocycles. The van der Waals surface area contributed by atoms with Crippen LogP contribution in [-0.2, 0) is 4.57 Å². The van der Waals surface area contributed by atoms with Gasteiger partial charge in [-0.25, -0.2) is 15.0 Å². The zero-order chi connectivity index (χ0) is 26.7. The predicted octanol–water partition coefficient (Wildman–Crippen LogP) is 6.65. The maximum Gasteiger partial charge on any atom is 0.227 e. The Hall–Kier alpha value is -4.16. The summed E-state index contributed by atoms with van der Waals surface area (Å²) >= 11 is 0. The van der Waals surface area contributed by atoms with E-state index in [-0.39, 0.29) is 0 Å². The van der Waals surface area contributed by atoms with Crippen LogP contribution in [0.3, 0.4) is 0 Å². The van der Waals surface area contributed by atoms with Crippen molar-refractivity contribution in [2.75, 3.05) is 30.1 Å². The Bertz CT molecular complexity index is 1640. The lowest BCUT2D eigenvalue weighted by Gasteiger charge is -2.17. The zero-order valence-corrected chi connectivity index (χ0v) is 22.9. The molecule has 0 unspecified atom stereocenters. The number of methoxy groups -OCH3 is 1. The first-order chi connectivity index (χ1) is 18.4. The molecule has 0 fully saturated rings. The van der Waals surface area contributed by atoms with Crippen LogP contribution in [0, 0.1) is 6.92 Å². The van der Waals surface area contributed by atoms with Crippen molar-refractivity contribution in [3.05, 3.63) is 85.1 Å². The first-order valence-corrected chi connectivity index (χ1v) is 14.7. The van der Waals surface area contributed by atoms with Gasteiger partial charge in [0.25, 0.3) is 0 Å². The number of hydrogen-bond donors (Lipinski definition) is 2. The Balaban J connectivity index is 1.45. The van der Waals surface area contributed by atoms with Crippen LogP contribution in [0.15, 0.2) is 79.4 Å². The molecule has 38 heavy (non-hydrogen) atoms. The summed E-state index contributed by atoms with van der Waals surface area (Å²) in [7, 11) is -0.747.